The van der Waals surface area contributed by atoms with Gasteiger partial charge in [0.1, 0.15) is 0 Å². The minimum atomic E-state index is 0.177. The van der Waals surface area contributed by atoms with E-state index in [1.807, 2.05) is 23.1 Å². The average molecular weight is 321 g/mol. The third-order valence-corrected chi connectivity index (χ3v) is 5.09. The molecule has 4 heteroatoms. The van der Waals surface area contributed by atoms with Crippen LogP contribution in [-0.2, 0) is 4.79 Å². The van der Waals surface area contributed by atoms with Crippen LogP contribution in [0.1, 0.15) is 12.8 Å². The maximum atomic E-state index is 11.8. The molecule has 1 amide bonds. The molecule has 2 aromatic carbocycles. The van der Waals surface area contributed by atoms with E-state index in [0.717, 1.165) is 44.0 Å². The van der Waals surface area contributed by atoms with Gasteiger partial charge in [-0.15, -0.1) is 0 Å². The molecule has 4 rings (SSSR count). The molecule has 1 fully saturated rings. The second kappa shape index (κ2) is 6.65. The summed E-state index contributed by atoms with van der Waals surface area (Å²) in [4.78, 5) is 18.6. The number of amides is 1. The van der Waals surface area contributed by atoms with Crippen LogP contribution in [0.3, 0.4) is 0 Å². The van der Waals surface area contributed by atoms with E-state index in [4.69, 9.17) is 0 Å². The molecular formula is C20H23N3O. The van der Waals surface area contributed by atoms with Crippen molar-refractivity contribution in [3.05, 3.63) is 54.6 Å². The lowest BCUT2D eigenvalue weighted by atomic mass is 10.1. The Hall–Kier alpha value is -2.33. The molecule has 0 aromatic heterocycles. The van der Waals surface area contributed by atoms with Gasteiger partial charge in [-0.3, -0.25) is 4.79 Å². The molecule has 0 aliphatic carbocycles. The predicted molar refractivity (Wildman–Crippen MR) is 97.9 cm³/mol. The molecular weight excluding hydrogens is 298 g/mol. The summed E-state index contributed by atoms with van der Waals surface area (Å²) in [5.41, 5.74) is 3.29. The normalized spacial score (nSPS) is 20.9. The topological polar surface area (TPSA) is 26.8 Å². The van der Waals surface area contributed by atoms with E-state index in [9.17, 15) is 4.79 Å². The van der Waals surface area contributed by atoms with Crippen LogP contribution in [0.15, 0.2) is 54.6 Å². The van der Waals surface area contributed by atoms with Gasteiger partial charge in [-0.1, -0.05) is 30.3 Å². The molecule has 0 radical (unpaired) electrons. The van der Waals surface area contributed by atoms with Gasteiger partial charge in [0.05, 0.1) is 17.4 Å². The fraction of sp³-hybridized carbons (Fsp3) is 0.350. The SMILES string of the molecule is O=CN1c2ccccc2N(c2ccccc2)CC1CN1CCCC1. The first kappa shape index (κ1) is 15.2. The lowest BCUT2D eigenvalue weighted by Crippen LogP contribution is -2.52. The number of rotatable bonds is 4. The zero-order valence-electron chi connectivity index (χ0n) is 13.8. The zero-order chi connectivity index (χ0) is 16.4. The lowest BCUT2D eigenvalue weighted by molar-refractivity contribution is -0.108. The van der Waals surface area contributed by atoms with Crippen molar-refractivity contribution in [3.8, 4) is 0 Å². The molecule has 0 bridgehead atoms. The van der Waals surface area contributed by atoms with Crippen molar-refractivity contribution in [2.45, 2.75) is 18.9 Å². The number of hydrogen-bond acceptors (Lipinski definition) is 3. The van der Waals surface area contributed by atoms with Crippen LogP contribution in [0.2, 0.25) is 0 Å². The third kappa shape index (κ3) is 2.78. The highest BCUT2D eigenvalue weighted by molar-refractivity contribution is 5.89. The Morgan fingerprint density at radius 3 is 2.29 bits per heavy atom. The molecule has 2 heterocycles. The molecule has 1 unspecified atom stereocenters. The molecule has 124 valence electrons. The third-order valence-electron chi connectivity index (χ3n) is 5.09. The van der Waals surface area contributed by atoms with Crippen LogP contribution in [0, 0.1) is 0 Å². The lowest BCUT2D eigenvalue weighted by Gasteiger charge is -2.43. The van der Waals surface area contributed by atoms with Crippen molar-refractivity contribution < 1.29 is 4.79 Å². The molecule has 1 saturated heterocycles. The van der Waals surface area contributed by atoms with Crippen molar-refractivity contribution in [2.75, 3.05) is 36.0 Å². The van der Waals surface area contributed by atoms with Gasteiger partial charge < -0.3 is 14.7 Å². The number of likely N-dealkylation sites (tertiary alicyclic amines) is 1. The van der Waals surface area contributed by atoms with Gasteiger partial charge in [0.15, 0.2) is 0 Å². The van der Waals surface area contributed by atoms with Gasteiger partial charge in [0.2, 0.25) is 6.41 Å². The van der Waals surface area contributed by atoms with Gasteiger partial charge in [0, 0.05) is 18.8 Å². The van der Waals surface area contributed by atoms with Gasteiger partial charge in [-0.2, -0.15) is 0 Å². The van der Waals surface area contributed by atoms with Crippen molar-refractivity contribution in [3.63, 3.8) is 0 Å². The van der Waals surface area contributed by atoms with E-state index in [0.29, 0.717) is 0 Å². The summed E-state index contributed by atoms with van der Waals surface area (Å²) >= 11 is 0. The van der Waals surface area contributed by atoms with Crippen molar-refractivity contribution in [2.24, 2.45) is 0 Å². The number of carbonyl (C=O) groups excluding carboxylic acids is 1. The van der Waals surface area contributed by atoms with Crippen LogP contribution in [0.5, 0.6) is 0 Å². The summed E-state index contributed by atoms with van der Waals surface area (Å²) in [5.74, 6) is 0. The Morgan fingerprint density at radius 2 is 1.58 bits per heavy atom. The summed E-state index contributed by atoms with van der Waals surface area (Å²) in [6.45, 7) is 4.07. The van der Waals surface area contributed by atoms with Crippen LogP contribution >= 0.6 is 0 Å². The smallest absolute Gasteiger partial charge is 0.214 e. The second-order valence-corrected chi connectivity index (χ2v) is 6.61. The number of anilines is 3. The summed E-state index contributed by atoms with van der Waals surface area (Å²) in [7, 11) is 0. The first-order chi connectivity index (χ1) is 11.9. The number of fused-ring (bicyclic) bond motifs is 1. The number of benzene rings is 2. The van der Waals surface area contributed by atoms with Gasteiger partial charge in [-0.25, -0.2) is 0 Å². The highest BCUT2D eigenvalue weighted by Gasteiger charge is 2.32. The fourth-order valence-corrected chi connectivity index (χ4v) is 3.91. The number of nitrogens with zero attached hydrogens (tertiary/aromatic N) is 3. The van der Waals surface area contributed by atoms with E-state index in [1.54, 1.807) is 0 Å². The van der Waals surface area contributed by atoms with Crippen LogP contribution in [0.25, 0.3) is 0 Å². The molecule has 4 nitrogen and oxygen atoms in total. The largest absolute Gasteiger partial charge is 0.338 e. The maximum Gasteiger partial charge on any atom is 0.214 e. The van der Waals surface area contributed by atoms with Crippen LogP contribution in [0.4, 0.5) is 17.1 Å². The Kier molecular flexibility index (Phi) is 4.22. The minimum absolute atomic E-state index is 0.177. The van der Waals surface area contributed by atoms with Crippen molar-refractivity contribution in [1.29, 1.82) is 0 Å². The second-order valence-electron chi connectivity index (χ2n) is 6.61. The Morgan fingerprint density at radius 1 is 0.917 bits per heavy atom. The summed E-state index contributed by atoms with van der Waals surface area (Å²) in [6, 6.07) is 18.8. The summed E-state index contributed by atoms with van der Waals surface area (Å²) in [6.07, 6.45) is 3.54. The van der Waals surface area contributed by atoms with Crippen LogP contribution < -0.4 is 9.80 Å². The Balaban J connectivity index is 1.70. The first-order valence-corrected chi connectivity index (χ1v) is 8.74. The van der Waals surface area contributed by atoms with E-state index in [-0.39, 0.29) is 6.04 Å². The number of carbonyl (C=O) groups is 1. The van der Waals surface area contributed by atoms with E-state index in [1.165, 1.54) is 18.5 Å². The molecule has 2 aromatic rings. The monoisotopic (exact) mass is 321 g/mol. The number of hydrogen-bond donors (Lipinski definition) is 0. The van der Waals surface area contributed by atoms with Gasteiger partial charge in [-0.05, 0) is 50.2 Å². The average Bonchev–Trinajstić information content (AvgIpc) is 3.15. The van der Waals surface area contributed by atoms with Crippen LogP contribution in [-0.4, -0.2) is 43.5 Å². The highest BCUT2D eigenvalue weighted by atomic mass is 16.1. The van der Waals surface area contributed by atoms with Gasteiger partial charge in [0.25, 0.3) is 0 Å². The van der Waals surface area contributed by atoms with Crippen molar-refractivity contribution >= 4 is 23.5 Å². The molecule has 1 atom stereocenters. The summed E-state index contributed by atoms with van der Waals surface area (Å²) in [5, 5.41) is 0. The zero-order valence-corrected chi connectivity index (χ0v) is 13.8. The molecule has 0 N–H and O–H groups in total. The quantitative estimate of drug-likeness (QED) is 0.809. The minimum Gasteiger partial charge on any atom is -0.338 e. The predicted octanol–water partition coefficient (Wildman–Crippen LogP) is 3.27. The first-order valence-electron chi connectivity index (χ1n) is 8.74. The van der Waals surface area contributed by atoms with E-state index in [2.05, 4.69) is 46.2 Å². The maximum absolute atomic E-state index is 11.8. The molecule has 2 aliphatic heterocycles. The standard InChI is InChI=1S/C20H23N3O/c24-16-23-18(14-21-12-6-7-13-21)15-22(17-8-2-1-3-9-17)19-10-4-5-11-20(19)23/h1-5,8-11,16,18H,6-7,12-15H2. The Bertz CT molecular complexity index is 697. The molecule has 0 spiro atoms. The number of para-hydroxylation sites is 3. The molecule has 24 heavy (non-hydrogen) atoms. The molecule has 0 saturated carbocycles. The fourth-order valence-electron chi connectivity index (χ4n) is 3.91. The van der Waals surface area contributed by atoms with Crippen molar-refractivity contribution in [1.82, 2.24) is 4.90 Å². The van der Waals surface area contributed by atoms with Gasteiger partial charge >= 0.3 is 0 Å². The van der Waals surface area contributed by atoms with E-state index >= 15 is 0 Å². The molecule has 2 aliphatic rings. The Labute approximate surface area is 143 Å². The van der Waals surface area contributed by atoms with E-state index < -0.39 is 0 Å². The highest BCUT2D eigenvalue weighted by Crippen LogP contribution is 2.39. The summed E-state index contributed by atoms with van der Waals surface area (Å²) < 4.78 is 0.